The molecule has 0 aliphatic heterocycles. The third-order valence-electron chi connectivity index (χ3n) is 9.98. The van der Waals surface area contributed by atoms with Crippen molar-refractivity contribution in [2.75, 3.05) is 13.2 Å². The highest BCUT2D eigenvalue weighted by molar-refractivity contribution is 5.71. The molecule has 59 heavy (non-hydrogen) atoms. The van der Waals surface area contributed by atoms with E-state index in [1.54, 1.807) is 0 Å². The van der Waals surface area contributed by atoms with Crippen LogP contribution in [-0.2, 0) is 28.6 Å². The summed E-state index contributed by atoms with van der Waals surface area (Å²) in [6.07, 6.45) is 59.9. The molecule has 0 N–H and O–H groups in total. The Morgan fingerprint density at radius 1 is 0.356 bits per heavy atom. The van der Waals surface area contributed by atoms with Crippen molar-refractivity contribution >= 4 is 17.9 Å². The van der Waals surface area contributed by atoms with Crippen LogP contribution in [0.5, 0.6) is 0 Å². The highest BCUT2D eigenvalue weighted by Gasteiger charge is 2.19. The van der Waals surface area contributed by atoms with Crippen LogP contribution in [0.15, 0.2) is 85.1 Å². The van der Waals surface area contributed by atoms with Gasteiger partial charge in [-0.2, -0.15) is 0 Å². The number of ether oxygens (including phenoxy) is 3. The third kappa shape index (κ3) is 45.5. The first-order valence-corrected chi connectivity index (χ1v) is 24.2. The number of rotatable bonds is 42. The Morgan fingerprint density at radius 2 is 0.695 bits per heavy atom. The predicted molar refractivity (Wildman–Crippen MR) is 251 cm³/mol. The largest absolute Gasteiger partial charge is 0.462 e. The Balaban J connectivity index is 4.47. The predicted octanol–water partition coefficient (Wildman–Crippen LogP) is 15.6. The molecule has 336 valence electrons. The number of carbonyl (C=O) groups excluding carboxylic acids is 3. The van der Waals surface area contributed by atoms with E-state index >= 15 is 0 Å². The Hall–Kier alpha value is -3.41. The first kappa shape index (κ1) is 55.6. The Bertz CT molecular complexity index is 1170. The Morgan fingerprint density at radius 3 is 1.17 bits per heavy atom. The molecule has 0 rings (SSSR count). The highest BCUT2D eigenvalue weighted by Crippen LogP contribution is 2.13. The molecule has 6 nitrogen and oxygen atoms in total. The molecule has 0 saturated carbocycles. The summed E-state index contributed by atoms with van der Waals surface area (Å²) in [5, 5.41) is 0. The van der Waals surface area contributed by atoms with Gasteiger partial charge >= 0.3 is 17.9 Å². The molecule has 0 amide bonds. The molecule has 0 aromatic carbocycles. The van der Waals surface area contributed by atoms with Gasteiger partial charge < -0.3 is 14.2 Å². The van der Waals surface area contributed by atoms with Crippen LogP contribution in [0.25, 0.3) is 0 Å². The smallest absolute Gasteiger partial charge is 0.306 e. The average molecular weight is 821 g/mol. The molecule has 1 unspecified atom stereocenters. The second-order valence-electron chi connectivity index (χ2n) is 15.8. The first-order valence-electron chi connectivity index (χ1n) is 24.2. The molecule has 0 heterocycles. The summed E-state index contributed by atoms with van der Waals surface area (Å²) in [6.45, 7) is 6.38. The van der Waals surface area contributed by atoms with E-state index in [2.05, 4.69) is 81.5 Å². The zero-order chi connectivity index (χ0) is 43.0. The van der Waals surface area contributed by atoms with Crippen LogP contribution < -0.4 is 0 Å². The van der Waals surface area contributed by atoms with Crippen molar-refractivity contribution in [3.63, 3.8) is 0 Å². The minimum Gasteiger partial charge on any atom is -0.462 e. The van der Waals surface area contributed by atoms with E-state index in [1.807, 2.05) is 24.3 Å². The standard InChI is InChI=1S/C53H88O6/c1-4-7-10-13-16-19-22-24-26-28-29-31-34-37-40-43-46-52(55)58-49-50(48-57-51(54)45-42-39-36-33-21-18-15-12-9-6-3)59-53(56)47-44-41-38-35-32-30-27-25-23-20-17-14-11-8-5-2/h8,11,14-15,17-18,20,23,25-29,31,50H,4-7,9-10,12-13,16,19,21-22,24,30,32-49H2,1-3H3/b11-8-,17-14-,18-15-,23-20-,27-25-,28-26-,31-29-. The first-order chi connectivity index (χ1) is 29.0. The van der Waals surface area contributed by atoms with Crippen molar-refractivity contribution in [1.29, 1.82) is 0 Å². The van der Waals surface area contributed by atoms with E-state index in [9.17, 15) is 14.4 Å². The van der Waals surface area contributed by atoms with Crippen LogP contribution in [0.3, 0.4) is 0 Å². The molecular weight excluding hydrogens is 733 g/mol. The summed E-state index contributed by atoms with van der Waals surface area (Å²) in [5.74, 6) is -0.971. The maximum absolute atomic E-state index is 12.7. The van der Waals surface area contributed by atoms with Gasteiger partial charge in [-0.05, 0) is 83.5 Å². The molecule has 0 radical (unpaired) electrons. The second kappa shape index (κ2) is 47.3. The normalized spacial score (nSPS) is 12.8. The number of hydrogen-bond donors (Lipinski definition) is 0. The topological polar surface area (TPSA) is 78.9 Å². The molecule has 0 aliphatic carbocycles. The van der Waals surface area contributed by atoms with Gasteiger partial charge in [0.05, 0.1) is 0 Å². The fourth-order valence-corrected chi connectivity index (χ4v) is 6.30. The summed E-state index contributed by atoms with van der Waals surface area (Å²) in [6, 6.07) is 0. The molecule has 1 atom stereocenters. The molecule has 0 saturated heterocycles. The SMILES string of the molecule is CC\C=C/C=C\C=C/C=C\CCCCCCCC(=O)OC(COC(=O)CCCCC/C=C\C=C/CCCCCCCCC)COC(=O)CCCCCC/C=C\CCCC. The van der Waals surface area contributed by atoms with E-state index in [4.69, 9.17) is 14.2 Å². The van der Waals surface area contributed by atoms with Gasteiger partial charge in [-0.1, -0.05) is 196 Å². The fraction of sp³-hybridized carbons (Fsp3) is 0.679. The number of hydrogen-bond acceptors (Lipinski definition) is 6. The molecular formula is C53H88O6. The van der Waals surface area contributed by atoms with Gasteiger partial charge in [-0.15, -0.1) is 0 Å². The van der Waals surface area contributed by atoms with Gasteiger partial charge in [-0.25, -0.2) is 0 Å². The third-order valence-corrected chi connectivity index (χ3v) is 9.98. The zero-order valence-corrected chi connectivity index (χ0v) is 38.2. The Labute approximate surface area is 363 Å². The van der Waals surface area contributed by atoms with E-state index in [-0.39, 0.29) is 31.1 Å². The minimum atomic E-state index is -0.803. The maximum Gasteiger partial charge on any atom is 0.306 e. The van der Waals surface area contributed by atoms with Crippen LogP contribution in [0.2, 0.25) is 0 Å². The minimum absolute atomic E-state index is 0.102. The number of carbonyl (C=O) groups is 3. The molecule has 0 aromatic heterocycles. The molecule has 0 fully saturated rings. The van der Waals surface area contributed by atoms with Crippen LogP contribution >= 0.6 is 0 Å². The van der Waals surface area contributed by atoms with Gasteiger partial charge in [-0.3, -0.25) is 14.4 Å². The summed E-state index contributed by atoms with van der Waals surface area (Å²) < 4.78 is 16.7. The fourth-order valence-electron chi connectivity index (χ4n) is 6.30. The average Bonchev–Trinajstić information content (AvgIpc) is 3.23. The van der Waals surface area contributed by atoms with Crippen LogP contribution in [0.1, 0.15) is 213 Å². The molecule has 6 heteroatoms. The lowest BCUT2D eigenvalue weighted by Gasteiger charge is -2.18. The lowest BCUT2D eigenvalue weighted by molar-refractivity contribution is -0.167. The van der Waals surface area contributed by atoms with Crippen molar-refractivity contribution in [2.24, 2.45) is 0 Å². The van der Waals surface area contributed by atoms with E-state index in [1.165, 1.54) is 57.8 Å². The summed E-state index contributed by atoms with van der Waals surface area (Å²) in [7, 11) is 0. The highest BCUT2D eigenvalue weighted by atomic mass is 16.6. The van der Waals surface area contributed by atoms with Crippen molar-refractivity contribution in [3.05, 3.63) is 85.1 Å². The lowest BCUT2D eigenvalue weighted by atomic mass is 10.1. The van der Waals surface area contributed by atoms with Gasteiger partial charge in [0.15, 0.2) is 6.10 Å². The van der Waals surface area contributed by atoms with Crippen LogP contribution in [-0.4, -0.2) is 37.2 Å². The van der Waals surface area contributed by atoms with Crippen LogP contribution in [0.4, 0.5) is 0 Å². The molecule has 0 aliphatic rings. The zero-order valence-electron chi connectivity index (χ0n) is 38.2. The summed E-state index contributed by atoms with van der Waals surface area (Å²) in [5.41, 5.74) is 0. The van der Waals surface area contributed by atoms with Gasteiger partial charge in [0, 0.05) is 19.3 Å². The Kier molecular flexibility index (Phi) is 44.5. The summed E-state index contributed by atoms with van der Waals surface area (Å²) in [4.78, 5) is 37.8. The monoisotopic (exact) mass is 821 g/mol. The van der Waals surface area contributed by atoms with E-state index in [0.29, 0.717) is 19.3 Å². The molecule has 0 aromatic rings. The van der Waals surface area contributed by atoms with Crippen molar-refractivity contribution < 1.29 is 28.6 Å². The number of allylic oxidation sites excluding steroid dienone is 14. The quantitative estimate of drug-likeness (QED) is 0.0201. The van der Waals surface area contributed by atoms with Crippen molar-refractivity contribution in [2.45, 2.75) is 219 Å². The van der Waals surface area contributed by atoms with E-state index in [0.717, 1.165) is 116 Å². The number of unbranched alkanes of at least 4 members (excludes halogenated alkanes) is 21. The van der Waals surface area contributed by atoms with Gasteiger partial charge in [0.1, 0.15) is 13.2 Å². The second-order valence-corrected chi connectivity index (χ2v) is 15.8. The maximum atomic E-state index is 12.7. The lowest BCUT2D eigenvalue weighted by Crippen LogP contribution is -2.30. The van der Waals surface area contributed by atoms with Gasteiger partial charge in [0.25, 0.3) is 0 Å². The van der Waals surface area contributed by atoms with E-state index < -0.39 is 6.10 Å². The molecule has 0 spiro atoms. The molecule has 0 bridgehead atoms. The number of esters is 3. The van der Waals surface area contributed by atoms with Crippen molar-refractivity contribution in [1.82, 2.24) is 0 Å². The summed E-state index contributed by atoms with van der Waals surface area (Å²) >= 11 is 0. The van der Waals surface area contributed by atoms with Crippen LogP contribution in [0, 0.1) is 0 Å². The van der Waals surface area contributed by atoms with Gasteiger partial charge in [0.2, 0.25) is 0 Å². The van der Waals surface area contributed by atoms with Crippen molar-refractivity contribution in [3.8, 4) is 0 Å².